The molecule has 0 aliphatic carbocycles. The van der Waals surface area contributed by atoms with Crippen LogP contribution in [0.5, 0.6) is 5.75 Å². The molecule has 2 unspecified atom stereocenters. The van der Waals surface area contributed by atoms with Crippen LogP contribution in [-0.4, -0.2) is 60.9 Å². The molecule has 3 aliphatic rings. The van der Waals surface area contributed by atoms with Gasteiger partial charge in [0.15, 0.2) is 0 Å². The van der Waals surface area contributed by atoms with Crippen molar-refractivity contribution in [1.82, 2.24) is 4.90 Å². The molecule has 0 bridgehead atoms. The lowest BCUT2D eigenvalue weighted by Gasteiger charge is -2.43. The Labute approximate surface area is 164 Å². The second kappa shape index (κ2) is 7.10. The Hall–Kier alpha value is -2.58. The number of phenols is 1. The lowest BCUT2D eigenvalue weighted by Crippen LogP contribution is -2.53. The zero-order valence-corrected chi connectivity index (χ0v) is 16.4. The second-order valence-electron chi connectivity index (χ2n) is 7.24. The molecule has 0 radical (unpaired) electrons. The number of phenolic OH excluding ortho intramolecular Hbond substituents is 1. The van der Waals surface area contributed by atoms with Crippen LogP contribution in [0.15, 0.2) is 53.5 Å². The molecule has 28 heavy (non-hydrogen) atoms. The van der Waals surface area contributed by atoms with Gasteiger partial charge in [0.2, 0.25) is 0 Å². The van der Waals surface area contributed by atoms with Crippen molar-refractivity contribution < 1.29 is 18.1 Å². The molecule has 2 aromatic carbocycles. The van der Waals surface area contributed by atoms with Gasteiger partial charge in [-0.1, -0.05) is 24.3 Å². The van der Waals surface area contributed by atoms with Crippen molar-refractivity contribution in [3.63, 3.8) is 0 Å². The van der Waals surface area contributed by atoms with E-state index < -0.39 is 10.1 Å². The summed E-state index contributed by atoms with van der Waals surface area (Å²) in [6.07, 6.45) is 2.19. The number of aromatic hydroxyl groups is 1. The van der Waals surface area contributed by atoms with Crippen LogP contribution < -0.4 is 4.90 Å². The molecule has 148 valence electrons. The molecule has 2 atom stereocenters. The van der Waals surface area contributed by atoms with Crippen molar-refractivity contribution in [3.8, 4) is 5.75 Å². The maximum absolute atomic E-state index is 9.57. The maximum atomic E-state index is 9.57. The quantitative estimate of drug-likeness (QED) is 0.712. The number of anilines is 1. The number of para-hydroxylation sites is 1. The van der Waals surface area contributed by atoms with Crippen molar-refractivity contribution in [2.75, 3.05) is 30.8 Å². The summed E-state index contributed by atoms with van der Waals surface area (Å²) in [6, 6.07) is 16.4. The summed E-state index contributed by atoms with van der Waals surface area (Å²) >= 11 is 0. The van der Waals surface area contributed by atoms with E-state index in [2.05, 4.69) is 46.2 Å². The van der Waals surface area contributed by atoms with Gasteiger partial charge in [0.05, 0.1) is 12.8 Å². The number of benzene rings is 2. The van der Waals surface area contributed by atoms with Crippen molar-refractivity contribution >= 4 is 21.6 Å². The topological polar surface area (TPSA) is 93.4 Å². The van der Waals surface area contributed by atoms with Crippen LogP contribution in [0, 0.1) is 0 Å². The van der Waals surface area contributed by atoms with Gasteiger partial charge in [-0.3, -0.25) is 9.55 Å². The lowest BCUT2D eigenvalue weighted by molar-refractivity contribution is 0.310. The zero-order chi connectivity index (χ0) is 19.9. The maximum Gasteiger partial charge on any atom is 0.261 e. The number of rotatable bonds is 1. The summed E-state index contributed by atoms with van der Waals surface area (Å²) in [7, 11) is -3.67. The van der Waals surface area contributed by atoms with E-state index in [0.717, 1.165) is 31.9 Å². The molecule has 2 aromatic rings. The lowest BCUT2D eigenvalue weighted by atomic mass is 9.93. The predicted molar refractivity (Wildman–Crippen MR) is 109 cm³/mol. The Balaban J connectivity index is 0.000000346. The van der Waals surface area contributed by atoms with Crippen LogP contribution in [-0.2, 0) is 10.1 Å². The molecule has 7 nitrogen and oxygen atoms in total. The molecule has 3 heterocycles. The van der Waals surface area contributed by atoms with E-state index in [-0.39, 0.29) is 0 Å². The van der Waals surface area contributed by atoms with E-state index in [4.69, 9.17) is 9.55 Å². The minimum atomic E-state index is -3.67. The van der Waals surface area contributed by atoms with Gasteiger partial charge < -0.3 is 14.9 Å². The van der Waals surface area contributed by atoms with Crippen LogP contribution in [0.4, 0.5) is 5.69 Å². The number of hydrogen-bond acceptors (Lipinski definition) is 6. The average Bonchev–Trinajstić information content (AvgIpc) is 3.28. The Kier molecular flexibility index (Phi) is 4.76. The van der Waals surface area contributed by atoms with E-state index in [1.54, 1.807) is 12.1 Å². The van der Waals surface area contributed by atoms with Gasteiger partial charge in [-0.05, 0) is 36.2 Å². The molecule has 5 rings (SSSR count). The summed E-state index contributed by atoms with van der Waals surface area (Å²) < 4.78 is 25.9. The monoisotopic (exact) mass is 401 g/mol. The van der Waals surface area contributed by atoms with Crippen LogP contribution in [0.2, 0.25) is 0 Å². The highest BCUT2D eigenvalue weighted by Crippen LogP contribution is 2.44. The Bertz CT molecular complexity index is 996. The van der Waals surface area contributed by atoms with Gasteiger partial charge in [-0.15, -0.1) is 0 Å². The minimum Gasteiger partial charge on any atom is -0.508 e. The van der Waals surface area contributed by atoms with Gasteiger partial charge >= 0.3 is 0 Å². The van der Waals surface area contributed by atoms with Crippen LogP contribution >= 0.6 is 0 Å². The fourth-order valence-corrected chi connectivity index (χ4v) is 4.36. The van der Waals surface area contributed by atoms with Crippen LogP contribution in [0.1, 0.15) is 23.5 Å². The molecule has 1 saturated heterocycles. The molecule has 8 heteroatoms. The predicted octanol–water partition coefficient (Wildman–Crippen LogP) is 2.29. The van der Waals surface area contributed by atoms with E-state index in [9.17, 15) is 13.5 Å². The molecule has 3 aliphatic heterocycles. The fraction of sp³-hybridized carbons (Fsp3) is 0.350. The molecular formula is C20H23N3O4S. The fourth-order valence-electron chi connectivity index (χ4n) is 4.36. The van der Waals surface area contributed by atoms with Crippen LogP contribution in [0.25, 0.3) is 0 Å². The van der Waals surface area contributed by atoms with Crippen molar-refractivity contribution in [2.45, 2.75) is 18.5 Å². The number of fused-ring (bicyclic) bond motifs is 6. The van der Waals surface area contributed by atoms with Crippen molar-refractivity contribution in [3.05, 3.63) is 59.7 Å². The van der Waals surface area contributed by atoms with E-state index in [1.165, 1.54) is 16.8 Å². The third-order valence-electron chi connectivity index (χ3n) is 5.33. The number of nitrogens with zero attached hydrogens (tertiary/aromatic N) is 3. The third-order valence-corrected chi connectivity index (χ3v) is 5.33. The Morgan fingerprint density at radius 3 is 2.43 bits per heavy atom. The largest absolute Gasteiger partial charge is 0.508 e. The SMILES string of the molecule is CS(=O)(=O)O.Oc1ccc(C2CCN3c4ccccc4C4=NCCN4C23)cc1. The highest BCUT2D eigenvalue weighted by molar-refractivity contribution is 7.85. The normalized spacial score (nSPS) is 22.6. The number of hydrogen-bond donors (Lipinski definition) is 2. The summed E-state index contributed by atoms with van der Waals surface area (Å²) in [5, 5.41) is 9.57. The van der Waals surface area contributed by atoms with E-state index in [1.807, 2.05) is 0 Å². The minimum absolute atomic E-state index is 0.334. The summed E-state index contributed by atoms with van der Waals surface area (Å²) in [5.41, 5.74) is 3.89. The van der Waals surface area contributed by atoms with E-state index >= 15 is 0 Å². The highest BCUT2D eigenvalue weighted by atomic mass is 32.2. The molecule has 2 N–H and O–H groups in total. The zero-order valence-electron chi connectivity index (χ0n) is 15.6. The van der Waals surface area contributed by atoms with Crippen molar-refractivity contribution in [1.29, 1.82) is 0 Å². The first-order chi connectivity index (χ1) is 13.3. The van der Waals surface area contributed by atoms with E-state index in [0.29, 0.717) is 24.1 Å². The van der Waals surface area contributed by atoms with Gasteiger partial charge in [-0.25, -0.2) is 0 Å². The Morgan fingerprint density at radius 2 is 1.71 bits per heavy atom. The van der Waals surface area contributed by atoms with Crippen LogP contribution in [0.3, 0.4) is 0 Å². The van der Waals surface area contributed by atoms with Gasteiger partial charge in [0.25, 0.3) is 10.1 Å². The first kappa shape index (κ1) is 18.8. The number of amidine groups is 1. The summed E-state index contributed by atoms with van der Waals surface area (Å²) in [6.45, 7) is 2.95. The first-order valence-corrected chi connectivity index (χ1v) is 11.1. The number of aliphatic imine (C=N–C) groups is 1. The summed E-state index contributed by atoms with van der Waals surface area (Å²) in [5.74, 6) is 1.95. The second-order valence-corrected chi connectivity index (χ2v) is 8.71. The molecule has 0 amide bonds. The van der Waals surface area contributed by atoms with Gasteiger partial charge in [-0.2, -0.15) is 8.42 Å². The smallest absolute Gasteiger partial charge is 0.261 e. The molecule has 1 fully saturated rings. The first-order valence-electron chi connectivity index (χ1n) is 9.21. The standard InChI is InChI=1S/C19H19N3O.CH4O3S/c23-14-7-5-13(6-8-14)15-9-11-21-17-4-2-1-3-16(17)18-20-10-12-22(18)19(15)21;1-5(2,3)4/h1-8,15,19,23H,9-12H2;1H3,(H,2,3,4). The van der Waals surface area contributed by atoms with Crippen molar-refractivity contribution in [2.24, 2.45) is 4.99 Å². The highest BCUT2D eigenvalue weighted by Gasteiger charge is 2.45. The molecule has 0 saturated carbocycles. The third kappa shape index (κ3) is 3.57. The Morgan fingerprint density at radius 1 is 1.04 bits per heavy atom. The molecular weight excluding hydrogens is 378 g/mol. The van der Waals surface area contributed by atoms with Gasteiger partial charge in [0.1, 0.15) is 17.8 Å². The average molecular weight is 401 g/mol. The molecule has 0 spiro atoms. The summed E-state index contributed by atoms with van der Waals surface area (Å²) in [4.78, 5) is 9.80. The van der Waals surface area contributed by atoms with Gasteiger partial charge in [0, 0.05) is 30.3 Å². The molecule has 0 aromatic heterocycles.